The Bertz CT molecular complexity index is 355. The lowest BCUT2D eigenvalue weighted by Gasteiger charge is -2.46. The molecular formula is C13H19NO2. The van der Waals surface area contributed by atoms with E-state index in [0.29, 0.717) is 6.54 Å². The van der Waals surface area contributed by atoms with Crippen molar-refractivity contribution in [1.29, 1.82) is 0 Å². The molecule has 1 atom stereocenters. The van der Waals surface area contributed by atoms with E-state index in [1.54, 1.807) is 12.1 Å². The van der Waals surface area contributed by atoms with Gasteiger partial charge in [-0.2, -0.15) is 0 Å². The average molecular weight is 221 g/mol. The normalized spacial score (nSPS) is 20.1. The molecule has 0 saturated heterocycles. The summed E-state index contributed by atoms with van der Waals surface area (Å²) in [6, 6.07) is 7.22. The molecule has 16 heavy (non-hydrogen) atoms. The first kappa shape index (κ1) is 11.4. The van der Waals surface area contributed by atoms with E-state index in [1.807, 2.05) is 12.1 Å². The predicted molar refractivity (Wildman–Crippen MR) is 63.3 cm³/mol. The van der Waals surface area contributed by atoms with E-state index >= 15 is 0 Å². The van der Waals surface area contributed by atoms with Crippen LogP contribution in [-0.4, -0.2) is 23.4 Å². The van der Waals surface area contributed by atoms with Gasteiger partial charge in [-0.15, -0.1) is 0 Å². The molecule has 0 aromatic heterocycles. The lowest BCUT2D eigenvalue weighted by molar-refractivity contribution is 0.0191. The smallest absolute Gasteiger partial charge is 0.115 e. The number of benzene rings is 1. The highest BCUT2D eigenvalue weighted by Crippen LogP contribution is 2.50. The predicted octanol–water partition coefficient (Wildman–Crippen LogP) is 1.60. The second kappa shape index (κ2) is 4.44. The number of phenols is 1. The van der Waals surface area contributed by atoms with E-state index in [1.165, 1.54) is 0 Å². The number of aliphatic hydroxyl groups excluding tert-OH is 1. The Morgan fingerprint density at radius 3 is 2.56 bits per heavy atom. The van der Waals surface area contributed by atoms with E-state index in [2.05, 4.69) is 0 Å². The van der Waals surface area contributed by atoms with E-state index in [-0.39, 0.29) is 23.7 Å². The molecule has 2 rings (SSSR count). The molecule has 1 aliphatic carbocycles. The van der Waals surface area contributed by atoms with Crippen LogP contribution in [0.5, 0.6) is 5.75 Å². The number of aromatic hydroxyl groups is 1. The first-order valence-corrected chi connectivity index (χ1v) is 5.82. The first-order chi connectivity index (χ1) is 7.72. The Balaban J connectivity index is 2.28. The van der Waals surface area contributed by atoms with E-state index < -0.39 is 0 Å². The molecule has 0 spiro atoms. The van der Waals surface area contributed by atoms with E-state index in [4.69, 9.17) is 5.73 Å². The molecule has 0 aliphatic heterocycles. The summed E-state index contributed by atoms with van der Waals surface area (Å²) in [5.41, 5.74) is 6.82. The van der Waals surface area contributed by atoms with E-state index in [9.17, 15) is 10.2 Å². The highest BCUT2D eigenvalue weighted by Gasteiger charge is 2.43. The number of hydrogen-bond donors (Lipinski definition) is 3. The lowest BCUT2D eigenvalue weighted by Crippen LogP contribution is -2.42. The molecule has 88 valence electrons. The van der Waals surface area contributed by atoms with Crippen LogP contribution in [0.2, 0.25) is 0 Å². The van der Waals surface area contributed by atoms with Gasteiger partial charge < -0.3 is 15.9 Å². The Labute approximate surface area is 95.9 Å². The zero-order valence-electron chi connectivity index (χ0n) is 9.39. The maximum Gasteiger partial charge on any atom is 0.115 e. The van der Waals surface area contributed by atoms with Gasteiger partial charge in [0.1, 0.15) is 5.75 Å². The molecule has 1 fully saturated rings. The van der Waals surface area contributed by atoms with Gasteiger partial charge in [0.05, 0.1) is 0 Å². The van der Waals surface area contributed by atoms with Crippen LogP contribution in [-0.2, 0) is 0 Å². The maximum absolute atomic E-state index is 9.55. The van der Waals surface area contributed by atoms with Crippen molar-refractivity contribution in [2.45, 2.75) is 25.2 Å². The van der Waals surface area contributed by atoms with E-state index in [0.717, 1.165) is 24.8 Å². The SMILES string of the molecule is NC[C@@H](c1cccc(O)c1)C1(CO)CCC1. The molecule has 1 aliphatic rings. The van der Waals surface area contributed by atoms with Crippen LogP contribution in [0.1, 0.15) is 30.7 Å². The Kier molecular flexibility index (Phi) is 3.17. The van der Waals surface area contributed by atoms with Gasteiger partial charge in [0, 0.05) is 17.9 Å². The maximum atomic E-state index is 9.55. The summed E-state index contributed by atoms with van der Waals surface area (Å²) < 4.78 is 0. The summed E-state index contributed by atoms with van der Waals surface area (Å²) in [6.07, 6.45) is 3.22. The average Bonchev–Trinajstić information content (AvgIpc) is 2.23. The van der Waals surface area contributed by atoms with Gasteiger partial charge in [-0.05, 0) is 37.1 Å². The number of nitrogens with two attached hydrogens (primary N) is 1. The summed E-state index contributed by atoms with van der Waals surface area (Å²) in [5.74, 6) is 0.418. The van der Waals surface area contributed by atoms with Crippen molar-refractivity contribution < 1.29 is 10.2 Å². The van der Waals surface area contributed by atoms with Crippen molar-refractivity contribution in [1.82, 2.24) is 0 Å². The van der Waals surface area contributed by atoms with Crippen LogP contribution in [0.4, 0.5) is 0 Å². The molecule has 4 N–H and O–H groups in total. The monoisotopic (exact) mass is 221 g/mol. The van der Waals surface area contributed by atoms with Crippen LogP contribution < -0.4 is 5.73 Å². The van der Waals surface area contributed by atoms with Gasteiger partial charge in [0.25, 0.3) is 0 Å². The van der Waals surface area contributed by atoms with Crippen molar-refractivity contribution >= 4 is 0 Å². The topological polar surface area (TPSA) is 66.5 Å². The zero-order chi connectivity index (χ0) is 11.6. The fraction of sp³-hybridized carbons (Fsp3) is 0.538. The van der Waals surface area contributed by atoms with Gasteiger partial charge >= 0.3 is 0 Å². The summed E-state index contributed by atoms with van der Waals surface area (Å²) in [5, 5.41) is 19.0. The quantitative estimate of drug-likeness (QED) is 0.723. The zero-order valence-corrected chi connectivity index (χ0v) is 9.39. The number of rotatable bonds is 4. The van der Waals surface area contributed by atoms with Crippen LogP contribution in [0.3, 0.4) is 0 Å². The van der Waals surface area contributed by atoms with Crippen molar-refractivity contribution in [3.05, 3.63) is 29.8 Å². The second-order valence-corrected chi connectivity index (χ2v) is 4.76. The first-order valence-electron chi connectivity index (χ1n) is 5.82. The van der Waals surface area contributed by atoms with Gasteiger partial charge in [-0.1, -0.05) is 18.6 Å². The summed E-state index contributed by atoms with van der Waals surface area (Å²) in [4.78, 5) is 0. The molecular weight excluding hydrogens is 202 g/mol. The highest BCUT2D eigenvalue weighted by atomic mass is 16.3. The van der Waals surface area contributed by atoms with Crippen LogP contribution >= 0.6 is 0 Å². The van der Waals surface area contributed by atoms with Crippen LogP contribution in [0, 0.1) is 5.41 Å². The number of phenolic OH excluding ortho intramolecular Hbond substituents is 1. The third-order valence-electron chi connectivity index (χ3n) is 3.91. The molecule has 0 amide bonds. The third-order valence-corrected chi connectivity index (χ3v) is 3.91. The highest BCUT2D eigenvalue weighted by molar-refractivity contribution is 5.32. The molecule has 0 bridgehead atoms. The summed E-state index contributed by atoms with van der Waals surface area (Å²) in [6.45, 7) is 0.703. The number of hydrogen-bond acceptors (Lipinski definition) is 3. The van der Waals surface area contributed by atoms with Crippen LogP contribution in [0.15, 0.2) is 24.3 Å². The fourth-order valence-corrected chi connectivity index (χ4v) is 2.73. The lowest BCUT2D eigenvalue weighted by atomic mass is 9.60. The largest absolute Gasteiger partial charge is 0.508 e. The molecule has 1 aromatic rings. The van der Waals surface area contributed by atoms with Crippen molar-refractivity contribution in [2.75, 3.05) is 13.2 Å². The minimum Gasteiger partial charge on any atom is -0.508 e. The Morgan fingerprint density at radius 2 is 2.12 bits per heavy atom. The molecule has 0 unspecified atom stereocenters. The van der Waals surface area contributed by atoms with Gasteiger partial charge in [-0.25, -0.2) is 0 Å². The molecule has 1 saturated carbocycles. The minimum atomic E-state index is -0.0530. The number of aliphatic hydroxyl groups is 1. The Morgan fingerprint density at radius 1 is 1.38 bits per heavy atom. The third kappa shape index (κ3) is 1.81. The van der Waals surface area contributed by atoms with Crippen molar-refractivity contribution in [3.63, 3.8) is 0 Å². The van der Waals surface area contributed by atoms with Crippen molar-refractivity contribution in [3.8, 4) is 5.75 Å². The van der Waals surface area contributed by atoms with Crippen LogP contribution in [0.25, 0.3) is 0 Å². The minimum absolute atomic E-state index is 0.0530. The standard InChI is InChI=1S/C13H19NO2/c14-8-12(13(9-15)5-2-6-13)10-3-1-4-11(16)7-10/h1,3-4,7,12,15-16H,2,5-6,8-9,14H2/t12-/m0/s1. The van der Waals surface area contributed by atoms with Gasteiger partial charge in [-0.3, -0.25) is 0 Å². The summed E-state index contributed by atoms with van der Waals surface area (Å²) in [7, 11) is 0. The molecule has 3 heteroatoms. The second-order valence-electron chi connectivity index (χ2n) is 4.76. The molecule has 1 aromatic carbocycles. The van der Waals surface area contributed by atoms with Gasteiger partial charge in [0.15, 0.2) is 0 Å². The van der Waals surface area contributed by atoms with Crippen molar-refractivity contribution in [2.24, 2.45) is 11.1 Å². The molecule has 3 nitrogen and oxygen atoms in total. The fourth-order valence-electron chi connectivity index (χ4n) is 2.73. The van der Waals surface area contributed by atoms with Gasteiger partial charge in [0.2, 0.25) is 0 Å². The Hall–Kier alpha value is -1.06. The molecule has 0 radical (unpaired) electrons. The summed E-state index contributed by atoms with van der Waals surface area (Å²) >= 11 is 0. The molecule has 0 heterocycles.